The van der Waals surface area contributed by atoms with E-state index in [1.165, 1.54) is 16.7 Å². The Morgan fingerprint density at radius 1 is 0.690 bits per heavy atom. The van der Waals surface area contributed by atoms with E-state index in [1.807, 2.05) is 0 Å². The summed E-state index contributed by atoms with van der Waals surface area (Å²) in [6.07, 6.45) is 3.77. The highest BCUT2D eigenvalue weighted by molar-refractivity contribution is 5.54. The zero-order chi connectivity index (χ0) is 20.3. The molecular formula is C28H32O. The Labute approximate surface area is 175 Å². The average molecular weight is 385 g/mol. The molecule has 150 valence electrons. The molecule has 4 rings (SSSR count). The van der Waals surface area contributed by atoms with Crippen molar-refractivity contribution in [1.82, 2.24) is 0 Å². The minimum absolute atomic E-state index is 0.585. The zero-order valence-electron chi connectivity index (χ0n) is 17.6. The van der Waals surface area contributed by atoms with Crippen LogP contribution < -0.4 is 0 Å². The highest BCUT2D eigenvalue weighted by atomic mass is 16.3. The average Bonchev–Trinajstić information content (AvgIpc) is 2.77. The van der Waals surface area contributed by atoms with Gasteiger partial charge in [-0.1, -0.05) is 105 Å². The molecule has 0 bridgehead atoms. The predicted octanol–water partition coefficient (Wildman–Crippen LogP) is 6.60. The molecule has 0 aromatic heterocycles. The number of hydrogen-bond acceptors (Lipinski definition) is 1. The maximum atomic E-state index is 12.4. The first-order chi connectivity index (χ1) is 14.1. The summed E-state index contributed by atoms with van der Waals surface area (Å²) in [6.45, 7) is 4.63. The van der Waals surface area contributed by atoms with Crippen LogP contribution in [0.2, 0.25) is 0 Å². The highest BCUT2D eigenvalue weighted by Crippen LogP contribution is 2.54. The third-order valence-electron chi connectivity index (χ3n) is 7.12. The lowest BCUT2D eigenvalue weighted by atomic mass is 9.54. The van der Waals surface area contributed by atoms with E-state index in [2.05, 4.69) is 105 Å². The zero-order valence-corrected chi connectivity index (χ0v) is 17.6. The summed E-state index contributed by atoms with van der Waals surface area (Å²) in [5, 5.41) is 12.4. The molecule has 0 aliphatic heterocycles. The largest absolute Gasteiger partial charge is 0.388 e. The van der Waals surface area contributed by atoms with Gasteiger partial charge in [0.05, 0.1) is 11.0 Å². The normalized spacial score (nSPS) is 22.6. The van der Waals surface area contributed by atoms with E-state index in [1.54, 1.807) is 0 Å². The molecule has 1 aliphatic carbocycles. The van der Waals surface area contributed by atoms with Crippen molar-refractivity contribution in [2.75, 3.05) is 0 Å². The maximum Gasteiger partial charge on any atom is 0.0825 e. The van der Waals surface area contributed by atoms with Gasteiger partial charge in [-0.15, -0.1) is 0 Å². The second-order valence-electron chi connectivity index (χ2n) is 8.96. The fourth-order valence-electron chi connectivity index (χ4n) is 5.53. The van der Waals surface area contributed by atoms with Gasteiger partial charge in [0.2, 0.25) is 0 Å². The molecule has 3 aromatic rings. The van der Waals surface area contributed by atoms with Crippen molar-refractivity contribution in [3.63, 3.8) is 0 Å². The van der Waals surface area contributed by atoms with Crippen LogP contribution in [-0.4, -0.2) is 10.7 Å². The number of benzene rings is 3. The summed E-state index contributed by atoms with van der Waals surface area (Å²) in [6, 6.07) is 31.9. The highest BCUT2D eigenvalue weighted by Gasteiger charge is 2.54. The van der Waals surface area contributed by atoms with Crippen LogP contribution in [-0.2, 0) is 5.41 Å². The Kier molecular flexibility index (Phi) is 5.61. The summed E-state index contributed by atoms with van der Waals surface area (Å²) < 4.78 is 0. The summed E-state index contributed by atoms with van der Waals surface area (Å²) in [5.74, 6) is 1.36. The van der Waals surface area contributed by atoms with E-state index < -0.39 is 11.0 Å². The lowest BCUT2D eigenvalue weighted by molar-refractivity contribution is -0.0547. The molecule has 0 heterocycles. The molecule has 3 aromatic carbocycles. The summed E-state index contributed by atoms with van der Waals surface area (Å²) in [4.78, 5) is 0. The van der Waals surface area contributed by atoms with E-state index in [4.69, 9.17) is 0 Å². The number of rotatable bonds is 5. The Balaban J connectivity index is 1.96. The van der Waals surface area contributed by atoms with E-state index in [0.29, 0.717) is 11.8 Å². The van der Waals surface area contributed by atoms with Gasteiger partial charge >= 0.3 is 0 Å². The second-order valence-corrected chi connectivity index (χ2v) is 8.96. The molecule has 0 spiro atoms. The monoisotopic (exact) mass is 384 g/mol. The van der Waals surface area contributed by atoms with Crippen LogP contribution in [0.4, 0.5) is 0 Å². The van der Waals surface area contributed by atoms with Crippen molar-refractivity contribution in [2.24, 2.45) is 11.8 Å². The summed E-state index contributed by atoms with van der Waals surface area (Å²) in [5.41, 5.74) is 2.09. The Morgan fingerprint density at radius 3 is 1.34 bits per heavy atom. The van der Waals surface area contributed by atoms with E-state index in [-0.39, 0.29) is 0 Å². The molecule has 1 N–H and O–H groups in total. The van der Waals surface area contributed by atoms with Crippen molar-refractivity contribution < 1.29 is 5.11 Å². The van der Waals surface area contributed by atoms with Gasteiger partial charge in [0, 0.05) is 0 Å². The number of hydrogen-bond donors (Lipinski definition) is 1. The molecule has 0 amide bonds. The van der Waals surface area contributed by atoms with Gasteiger partial charge in [0.25, 0.3) is 0 Å². The van der Waals surface area contributed by atoms with Gasteiger partial charge in [0.15, 0.2) is 0 Å². The van der Waals surface area contributed by atoms with Gasteiger partial charge in [-0.2, -0.15) is 0 Å². The molecule has 1 saturated carbocycles. The molecule has 0 atom stereocenters. The third kappa shape index (κ3) is 3.42. The van der Waals surface area contributed by atoms with Crippen LogP contribution in [0.15, 0.2) is 91.0 Å². The lowest BCUT2D eigenvalue weighted by Crippen LogP contribution is -2.55. The van der Waals surface area contributed by atoms with Gasteiger partial charge in [-0.3, -0.25) is 0 Å². The van der Waals surface area contributed by atoms with Gasteiger partial charge < -0.3 is 5.11 Å². The molecule has 0 radical (unpaired) electrons. The van der Waals surface area contributed by atoms with Crippen LogP contribution in [0, 0.1) is 11.8 Å². The summed E-state index contributed by atoms with van der Waals surface area (Å²) in [7, 11) is 0. The van der Waals surface area contributed by atoms with Crippen LogP contribution in [0.5, 0.6) is 0 Å². The van der Waals surface area contributed by atoms with Gasteiger partial charge in [0.1, 0.15) is 0 Å². The molecule has 1 heteroatoms. The first kappa shape index (κ1) is 19.9. The van der Waals surface area contributed by atoms with Crippen LogP contribution in [0.1, 0.15) is 56.2 Å². The molecule has 0 unspecified atom stereocenters. The minimum Gasteiger partial charge on any atom is -0.388 e. The van der Waals surface area contributed by atoms with Gasteiger partial charge in [-0.25, -0.2) is 0 Å². The molecule has 29 heavy (non-hydrogen) atoms. The Morgan fingerprint density at radius 2 is 1.03 bits per heavy atom. The molecule has 1 aliphatic rings. The Hall–Kier alpha value is -2.38. The van der Waals surface area contributed by atoms with Crippen molar-refractivity contribution in [3.8, 4) is 0 Å². The second kappa shape index (κ2) is 8.16. The molecule has 1 fully saturated rings. The standard InChI is InChI=1S/C28H32O/c1-22(2)23-18-20-27(29,21-19-23)28(24-12-6-3-7-13-24,25-14-8-4-9-15-25)26-16-10-5-11-17-26/h3-17,22-23,29H,18-21H2,1-2H3. The SMILES string of the molecule is CC(C)C1CCC(O)(C(c2ccccc2)(c2ccccc2)c2ccccc2)CC1. The van der Waals surface area contributed by atoms with E-state index in [0.717, 1.165) is 25.7 Å². The topological polar surface area (TPSA) is 20.2 Å². The fraction of sp³-hybridized carbons (Fsp3) is 0.357. The molecular weight excluding hydrogens is 352 g/mol. The molecule has 1 nitrogen and oxygen atoms in total. The van der Waals surface area contributed by atoms with Gasteiger partial charge in [-0.05, 0) is 54.2 Å². The Bertz CT molecular complexity index is 794. The predicted molar refractivity (Wildman–Crippen MR) is 121 cm³/mol. The van der Waals surface area contributed by atoms with E-state index in [9.17, 15) is 5.11 Å². The maximum absolute atomic E-state index is 12.4. The fourth-order valence-corrected chi connectivity index (χ4v) is 5.53. The van der Waals surface area contributed by atoms with E-state index >= 15 is 0 Å². The first-order valence-electron chi connectivity index (χ1n) is 11.0. The number of aliphatic hydroxyl groups is 1. The van der Waals surface area contributed by atoms with Crippen molar-refractivity contribution >= 4 is 0 Å². The quantitative estimate of drug-likeness (QED) is 0.491. The molecule has 0 saturated heterocycles. The summed E-state index contributed by atoms with van der Waals surface area (Å²) >= 11 is 0. The van der Waals surface area contributed by atoms with Crippen LogP contribution >= 0.6 is 0 Å². The lowest BCUT2D eigenvalue weighted by Gasteiger charge is -2.52. The third-order valence-corrected chi connectivity index (χ3v) is 7.12. The van der Waals surface area contributed by atoms with Crippen molar-refractivity contribution in [1.29, 1.82) is 0 Å². The first-order valence-corrected chi connectivity index (χ1v) is 11.0. The smallest absolute Gasteiger partial charge is 0.0825 e. The van der Waals surface area contributed by atoms with Crippen LogP contribution in [0.25, 0.3) is 0 Å². The van der Waals surface area contributed by atoms with Crippen molar-refractivity contribution in [2.45, 2.75) is 50.5 Å². The minimum atomic E-state index is -0.831. The van der Waals surface area contributed by atoms with Crippen molar-refractivity contribution in [3.05, 3.63) is 108 Å². The van der Waals surface area contributed by atoms with Crippen LogP contribution in [0.3, 0.4) is 0 Å².